The van der Waals surface area contributed by atoms with Gasteiger partial charge in [-0.3, -0.25) is 10.0 Å². The average Bonchev–Trinajstić information content (AvgIpc) is 1.83. The molecule has 1 atom stereocenters. The van der Waals surface area contributed by atoms with E-state index in [0.29, 0.717) is 12.3 Å². The molecule has 0 aromatic carbocycles. The summed E-state index contributed by atoms with van der Waals surface area (Å²) in [5, 5.41) is 8.38. The van der Waals surface area contributed by atoms with Crippen molar-refractivity contribution < 1.29 is 0 Å². The number of nitrogens with one attached hydrogen (secondary N) is 1. The van der Waals surface area contributed by atoms with Gasteiger partial charge in [-0.05, 0) is 0 Å². The lowest BCUT2D eigenvalue weighted by Crippen LogP contribution is -2.53. The zero-order valence-electron chi connectivity index (χ0n) is 4.91. The molecule has 5 nitrogen and oxygen atoms in total. The molecule has 0 aromatic heterocycles. The molecule has 0 spiro atoms. The van der Waals surface area contributed by atoms with Gasteiger partial charge in [-0.2, -0.15) is 0 Å². The van der Waals surface area contributed by atoms with Crippen LogP contribution in [0.1, 0.15) is 0 Å². The van der Waals surface area contributed by atoms with Crippen molar-refractivity contribution in [2.24, 2.45) is 16.6 Å². The minimum absolute atomic E-state index is 0.347. The molecular formula is C4H9N5. The minimum Gasteiger partial charge on any atom is -0.305 e. The molecule has 1 rings (SSSR count). The molecule has 0 aliphatic carbocycles. The zero-order valence-corrected chi connectivity index (χ0v) is 4.91. The Morgan fingerprint density at radius 3 is 3.00 bits per heavy atom. The summed E-state index contributed by atoms with van der Waals surface area (Å²) in [5.41, 5.74) is 5.75. The first kappa shape index (κ1) is 6.18. The molecule has 5 N–H and O–H groups in total. The fourth-order valence-electron chi connectivity index (χ4n) is 0.579. The molecule has 0 radical (unpaired) electrons. The molecule has 1 heterocycles. The van der Waals surface area contributed by atoms with E-state index >= 15 is 0 Å². The summed E-state index contributed by atoms with van der Waals surface area (Å²) in [4.78, 5) is 3.76. The van der Waals surface area contributed by atoms with Crippen LogP contribution in [0, 0.1) is 5.41 Å². The van der Waals surface area contributed by atoms with Gasteiger partial charge in [-0.15, -0.1) is 0 Å². The lowest BCUT2D eigenvalue weighted by molar-refractivity contribution is 0.399. The molecule has 0 amide bonds. The maximum Gasteiger partial charge on any atom is 0.133 e. The number of hydrogen-bond donors (Lipinski definition) is 3. The Balaban J connectivity index is 2.69. The van der Waals surface area contributed by atoms with Crippen molar-refractivity contribution in [2.45, 2.75) is 6.17 Å². The molecule has 0 aromatic rings. The van der Waals surface area contributed by atoms with Gasteiger partial charge in [0, 0.05) is 0 Å². The largest absolute Gasteiger partial charge is 0.305 e. The van der Waals surface area contributed by atoms with Crippen LogP contribution in [0.25, 0.3) is 0 Å². The summed E-state index contributed by atoms with van der Waals surface area (Å²) in [6.45, 7) is 0.370. The summed E-state index contributed by atoms with van der Waals surface area (Å²) in [7, 11) is 0. The minimum atomic E-state index is -0.484. The maximum absolute atomic E-state index is 7.16. The molecule has 9 heavy (non-hydrogen) atoms. The van der Waals surface area contributed by atoms with Gasteiger partial charge in [0.05, 0.1) is 12.3 Å². The Morgan fingerprint density at radius 1 is 1.89 bits per heavy atom. The third-order valence-electron chi connectivity index (χ3n) is 1.15. The second-order valence-corrected chi connectivity index (χ2v) is 1.87. The summed E-state index contributed by atoms with van der Waals surface area (Å²) < 4.78 is 0. The first-order chi connectivity index (χ1) is 4.22. The molecular weight excluding hydrogens is 118 g/mol. The monoisotopic (exact) mass is 127 g/mol. The van der Waals surface area contributed by atoms with Gasteiger partial charge in [0.1, 0.15) is 12.5 Å². The molecule has 1 aliphatic heterocycles. The van der Waals surface area contributed by atoms with Gasteiger partial charge in [-0.1, -0.05) is 0 Å². The third kappa shape index (κ3) is 1.06. The number of hydrazine groups is 1. The Morgan fingerprint density at radius 2 is 2.56 bits per heavy atom. The SMILES string of the molecule is N=C1CN=CN(N)C1N. The van der Waals surface area contributed by atoms with Crippen molar-refractivity contribution >= 4 is 12.1 Å². The standard InChI is InChI=1S/C4H9N5/c5-3-1-8-2-9(7)4(3)6/h2,4-5H,1,6-7H2. The van der Waals surface area contributed by atoms with E-state index in [2.05, 4.69) is 4.99 Å². The second-order valence-electron chi connectivity index (χ2n) is 1.87. The lowest BCUT2D eigenvalue weighted by atomic mass is 10.3. The highest BCUT2D eigenvalue weighted by atomic mass is 15.5. The second kappa shape index (κ2) is 2.12. The molecule has 1 aliphatic rings. The lowest BCUT2D eigenvalue weighted by Gasteiger charge is -2.24. The Bertz CT molecular complexity index is 151. The van der Waals surface area contributed by atoms with E-state index in [1.807, 2.05) is 0 Å². The maximum atomic E-state index is 7.16. The normalized spacial score (nSPS) is 27.1. The predicted octanol–water partition coefficient (Wildman–Crippen LogP) is -1.49. The number of hydrogen-bond acceptors (Lipinski definition) is 5. The van der Waals surface area contributed by atoms with E-state index in [-0.39, 0.29) is 0 Å². The number of nitrogens with zero attached hydrogens (tertiary/aromatic N) is 2. The summed E-state index contributed by atoms with van der Waals surface area (Å²) in [6, 6.07) is 0. The van der Waals surface area contributed by atoms with Crippen LogP contribution in [-0.4, -0.2) is 29.8 Å². The third-order valence-corrected chi connectivity index (χ3v) is 1.15. The smallest absolute Gasteiger partial charge is 0.133 e. The summed E-state index contributed by atoms with van der Waals surface area (Å²) in [5.74, 6) is 5.29. The van der Waals surface area contributed by atoms with Crippen molar-refractivity contribution in [1.82, 2.24) is 5.01 Å². The number of aliphatic imine (C=N–C) groups is 1. The highest BCUT2D eigenvalue weighted by Gasteiger charge is 2.15. The molecule has 0 fully saturated rings. The van der Waals surface area contributed by atoms with Crippen molar-refractivity contribution in [1.29, 1.82) is 5.41 Å². The van der Waals surface area contributed by atoms with Crippen LogP contribution in [0.4, 0.5) is 0 Å². The average molecular weight is 127 g/mol. The quantitative estimate of drug-likeness (QED) is 0.346. The van der Waals surface area contributed by atoms with Gasteiger partial charge >= 0.3 is 0 Å². The van der Waals surface area contributed by atoms with Crippen LogP contribution in [0.15, 0.2) is 4.99 Å². The highest BCUT2D eigenvalue weighted by Crippen LogP contribution is 1.92. The van der Waals surface area contributed by atoms with Gasteiger partial charge < -0.3 is 11.1 Å². The summed E-state index contributed by atoms with van der Waals surface area (Å²) >= 11 is 0. The van der Waals surface area contributed by atoms with Crippen LogP contribution < -0.4 is 11.6 Å². The highest BCUT2D eigenvalue weighted by molar-refractivity contribution is 5.92. The van der Waals surface area contributed by atoms with Crippen LogP contribution >= 0.6 is 0 Å². The summed E-state index contributed by atoms with van der Waals surface area (Å²) in [6.07, 6.45) is 0.949. The molecule has 0 saturated heterocycles. The van der Waals surface area contributed by atoms with E-state index in [4.69, 9.17) is 17.0 Å². The predicted molar refractivity (Wildman–Crippen MR) is 35.1 cm³/mol. The molecule has 0 bridgehead atoms. The van der Waals surface area contributed by atoms with Crippen molar-refractivity contribution in [3.63, 3.8) is 0 Å². The van der Waals surface area contributed by atoms with Crippen LogP contribution in [0.3, 0.4) is 0 Å². The molecule has 5 heteroatoms. The van der Waals surface area contributed by atoms with Crippen molar-refractivity contribution in [3.05, 3.63) is 0 Å². The topological polar surface area (TPSA) is 91.5 Å². The first-order valence-electron chi connectivity index (χ1n) is 2.57. The zero-order chi connectivity index (χ0) is 6.85. The molecule has 1 unspecified atom stereocenters. The van der Waals surface area contributed by atoms with E-state index in [9.17, 15) is 0 Å². The van der Waals surface area contributed by atoms with Crippen LogP contribution in [-0.2, 0) is 0 Å². The van der Waals surface area contributed by atoms with Crippen LogP contribution in [0.5, 0.6) is 0 Å². The van der Waals surface area contributed by atoms with Gasteiger partial charge in [0.15, 0.2) is 0 Å². The van der Waals surface area contributed by atoms with E-state index in [1.165, 1.54) is 11.3 Å². The Hall–Kier alpha value is -0.940. The van der Waals surface area contributed by atoms with E-state index < -0.39 is 6.17 Å². The van der Waals surface area contributed by atoms with Gasteiger partial charge in [-0.25, -0.2) is 5.84 Å². The molecule has 50 valence electrons. The first-order valence-corrected chi connectivity index (χ1v) is 2.57. The van der Waals surface area contributed by atoms with Gasteiger partial charge in [0.2, 0.25) is 0 Å². The van der Waals surface area contributed by atoms with E-state index in [1.54, 1.807) is 0 Å². The molecule has 0 saturated carbocycles. The van der Waals surface area contributed by atoms with Crippen molar-refractivity contribution in [3.8, 4) is 0 Å². The fraction of sp³-hybridized carbons (Fsp3) is 0.500. The Kier molecular flexibility index (Phi) is 1.46. The number of nitrogens with two attached hydrogens (primary N) is 2. The van der Waals surface area contributed by atoms with Crippen molar-refractivity contribution in [2.75, 3.05) is 6.54 Å². The van der Waals surface area contributed by atoms with Gasteiger partial charge in [0.25, 0.3) is 0 Å². The fourth-order valence-corrected chi connectivity index (χ4v) is 0.579. The Labute approximate surface area is 52.8 Å². The van der Waals surface area contributed by atoms with E-state index in [0.717, 1.165) is 0 Å². The number of rotatable bonds is 0. The van der Waals surface area contributed by atoms with Crippen LogP contribution in [0.2, 0.25) is 0 Å².